The number of nitrogens with one attached hydrogen (secondary N) is 1. The summed E-state index contributed by atoms with van der Waals surface area (Å²) in [6.45, 7) is 6.59. The number of piperazine rings is 1. The van der Waals surface area contributed by atoms with Gasteiger partial charge in [0, 0.05) is 43.5 Å². The maximum Gasteiger partial charge on any atom is 0.243 e. The summed E-state index contributed by atoms with van der Waals surface area (Å²) in [5, 5.41) is 9.49. The lowest BCUT2D eigenvalue weighted by Crippen LogP contribution is -2.46. The van der Waals surface area contributed by atoms with Crippen LogP contribution in [0, 0.1) is 0 Å². The van der Waals surface area contributed by atoms with E-state index in [-0.39, 0.29) is 17.6 Å². The van der Waals surface area contributed by atoms with Gasteiger partial charge in [-0.05, 0) is 69.4 Å². The fraction of sp³-hybridized carbons (Fsp3) is 0.393. The van der Waals surface area contributed by atoms with E-state index in [0.29, 0.717) is 55.9 Å². The van der Waals surface area contributed by atoms with E-state index in [9.17, 15) is 13.5 Å². The van der Waals surface area contributed by atoms with Crippen molar-refractivity contribution in [2.75, 3.05) is 46.4 Å². The minimum atomic E-state index is -3.57. The van der Waals surface area contributed by atoms with E-state index < -0.39 is 16.1 Å². The van der Waals surface area contributed by atoms with Crippen LogP contribution in [0.2, 0.25) is 0 Å². The Hall–Kier alpha value is -3.38. The highest BCUT2D eigenvalue weighted by Gasteiger charge is 2.27. The van der Waals surface area contributed by atoms with Crippen molar-refractivity contribution in [1.29, 1.82) is 0 Å². The molecule has 0 amide bonds. The number of aliphatic hydroxyl groups is 1. The largest absolute Gasteiger partial charge is 0.488 e. The molecule has 208 valence electrons. The maximum absolute atomic E-state index is 13.1. The third-order valence-electron chi connectivity index (χ3n) is 6.67. The Morgan fingerprint density at radius 3 is 2.38 bits per heavy atom. The number of aliphatic hydroxyl groups excluding tert-OH is 1. The van der Waals surface area contributed by atoms with Crippen molar-refractivity contribution in [3.63, 3.8) is 0 Å². The molecule has 0 spiro atoms. The summed E-state index contributed by atoms with van der Waals surface area (Å²) in [7, 11) is -1.58. The minimum Gasteiger partial charge on any atom is -0.488 e. The van der Waals surface area contributed by atoms with Crippen molar-refractivity contribution in [1.82, 2.24) is 14.2 Å². The van der Waals surface area contributed by atoms with E-state index >= 15 is 0 Å². The second-order valence-corrected chi connectivity index (χ2v) is 11.9. The first kappa shape index (κ1) is 27.2. The summed E-state index contributed by atoms with van der Waals surface area (Å²) >= 11 is 0. The molecule has 1 fully saturated rings. The Morgan fingerprint density at radius 2 is 1.72 bits per heavy atom. The Balaban J connectivity index is 1.38. The fourth-order valence-corrected chi connectivity index (χ4v) is 5.85. The van der Waals surface area contributed by atoms with Gasteiger partial charge < -0.3 is 29.2 Å². The molecule has 0 saturated carbocycles. The van der Waals surface area contributed by atoms with Crippen molar-refractivity contribution in [2.45, 2.75) is 31.0 Å². The molecule has 1 saturated heterocycles. The van der Waals surface area contributed by atoms with Crippen molar-refractivity contribution >= 4 is 15.9 Å². The van der Waals surface area contributed by atoms with Gasteiger partial charge in [-0.1, -0.05) is 0 Å². The van der Waals surface area contributed by atoms with Crippen LogP contribution in [-0.2, 0) is 14.8 Å². The summed E-state index contributed by atoms with van der Waals surface area (Å²) in [5.74, 6) is 2.10. The number of benzene rings is 2. The van der Waals surface area contributed by atoms with Crippen LogP contribution >= 0.6 is 0 Å². The lowest BCUT2D eigenvalue weighted by Gasteiger charge is -2.31. The first-order chi connectivity index (χ1) is 18.7. The predicted molar refractivity (Wildman–Crippen MR) is 148 cm³/mol. The Morgan fingerprint density at radius 1 is 1.03 bits per heavy atom. The number of likely N-dealkylation sites (N-methyl/N-ethyl adjacent to an activating group) is 1. The first-order valence-electron chi connectivity index (χ1n) is 13.0. The predicted octanol–water partition coefficient (Wildman–Crippen LogP) is 3.34. The van der Waals surface area contributed by atoms with E-state index in [0.717, 1.165) is 17.0 Å². The molecule has 3 aromatic rings. The van der Waals surface area contributed by atoms with Gasteiger partial charge in [0.2, 0.25) is 15.9 Å². The van der Waals surface area contributed by atoms with E-state index in [4.69, 9.17) is 14.2 Å². The van der Waals surface area contributed by atoms with Crippen LogP contribution in [0.3, 0.4) is 0 Å². The molecule has 2 aliphatic rings. The number of rotatable bonds is 9. The van der Waals surface area contributed by atoms with E-state index in [1.54, 1.807) is 37.3 Å². The third kappa shape index (κ3) is 6.27. The topological polar surface area (TPSA) is 117 Å². The molecule has 0 radical (unpaired) electrons. The third-order valence-corrected chi connectivity index (χ3v) is 8.58. The summed E-state index contributed by atoms with van der Waals surface area (Å²) in [5.41, 5.74) is 2.40. The molecular formula is C28H34N4O6S. The summed E-state index contributed by atoms with van der Waals surface area (Å²) in [6, 6.07) is 15.7. The van der Waals surface area contributed by atoms with E-state index in [1.165, 1.54) is 4.31 Å². The highest BCUT2D eigenvalue weighted by Crippen LogP contribution is 2.33. The van der Waals surface area contributed by atoms with Gasteiger partial charge in [0.25, 0.3) is 0 Å². The number of nitrogens with zero attached hydrogens (tertiary/aromatic N) is 3. The van der Waals surface area contributed by atoms with Gasteiger partial charge in [-0.15, -0.1) is 0 Å². The van der Waals surface area contributed by atoms with Crippen molar-refractivity contribution in [3.05, 3.63) is 60.3 Å². The second kappa shape index (κ2) is 11.4. The zero-order valence-corrected chi connectivity index (χ0v) is 23.1. The number of aliphatic imine (C=N–C) groups is 1. The molecule has 11 heteroatoms. The standard InChI is InChI=1S/C28H34N4O6S/c1-19-17-29-28(37-19)27-9-8-26(30-27)21-14-23(36-20(2)18-33)16-24(15-21)38-22-4-6-25(7-5-22)39(34,35)32-12-10-31(3)11-13-32/h4-9,14-16,19-20,30,33H,10-13,17-18H2,1-3H3/t19-,20-/m0/s1. The monoisotopic (exact) mass is 554 g/mol. The van der Waals surface area contributed by atoms with Crippen molar-refractivity contribution in [2.24, 2.45) is 4.99 Å². The van der Waals surface area contributed by atoms with Crippen LogP contribution < -0.4 is 9.47 Å². The molecule has 0 aliphatic carbocycles. The number of ether oxygens (including phenoxy) is 3. The highest BCUT2D eigenvalue weighted by molar-refractivity contribution is 7.89. The maximum atomic E-state index is 13.1. The summed E-state index contributed by atoms with van der Waals surface area (Å²) in [4.78, 5) is 10.1. The second-order valence-electron chi connectivity index (χ2n) is 9.94. The average molecular weight is 555 g/mol. The molecule has 2 atom stereocenters. The molecule has 0 bridgehead atoms. The SMILES string of the molecule is C[C@H]1CN=C(c2ccc(-c3cc(Oc4ccc(S(=O)(=O)N5CCN(C)CC5)cc4)cc(O[C@@H](C)CO)c3)[nH]2)O1. The van der Waals surface area contributed by atoms with Crippen LogP contribution in [0.4, 0.5) is 0 Å². The molecular weight excluding hydrogens is 520 g/mol. The number of sulfonamides is 1. The normalized spacial score (nSPS) is 19.4. The van der Waals surface area contributed by atoms with Gasteiger partial charge in [0.05, 0.1) is 18.0 Å². The van der Waals surface area contributed by atoms with Gasteiger partial charge in [-0.2, -0.15) is 4.31 Å². The molecule has 39 heavy (non-hydrogen) atoms. The Kier molecular flexibility index (Phi) is 7.94. The molecule has 2 aromatic carbocycles. The number of aromatic nitrogens is 1. The Labute approximate surface area is 228 Å². The molecule has 3 heterocycles. The quantitative estimate of drug-likeness (QED) is 0.417. The van der Waals surface area contributed by atoms with Crippen LogP contribution in [0.1, 0.15) is 19.5 Å². The smallest absolute Gasteiger partial charge is 0.243 e. The average Bonchev–Trinajstić information content (AvgIpc) is 3.58. The molecule has 2 N–H and O–H groups in total. The highest BCUT2D eigenvalue weighted by atomic mass is 32.2. The van der Waals surface area contributed by atoms with Crippen LogP contribution in [0.5, 0.6) is 17.2 Å². The minimum absolute atomic E-state index is 0.0476. The number of hydrogen-bond acceptors (Lipinski definition) is 8. The molecule has 10 nitrogen and oxygen atoms in total. The number of H-pyrrole nitrogens is 1. The van der Waals surface area contributed by atoms with Gasteiger partial charge in [0.15, 0.2) is 0 Å². The van der Waals surface area contributed by atoms with E-state index in [2.05, 4.69) is 14.9 Å². The van der Waals surface area contributed by atoms with E-state index in [1.807, 2.05) is 38.2 Å². The first-order valence-corrected chi connectivity index (χ1v) is 14.5. The lowest BCUT2D eigenvalue weighted by atomic mass is 10.1. The summed E-state index contributed by atoms with van der Waals surface area (Å²) < 4.78 is 45.4. The van der Waals surface area contributed by atoms with Gasteiger partial charge in [-0.25, -0.2) is 13.4 Å². The van der Waals surface area contributed by atoms with Crippen molar-refractivity contribution < 1.29 is 27.7 Å². The van der Waals surface area contributed by atoms with Crippen molar-refractivity contribution in [3.8, 4) is 28.5 Å². The van der Waals surface area contributed by atoms with Crippen LogP contribution in [0.15, 0.2) is 64.5 Å². The fourth-order valence-electron chi connectivity index (χ4n) is 4.43. The molecule has 0 unspecified atom stereocenters. The molecule has 5 rings (SSSR count). The van der Waals surface area contributed by atoms with Gasteiger partial charge >= 0.3 is 0 Å². The zero-order chi connectivity index (χ0) is 27.6. The molecule has 2 aliphatic heterocycles. The number of hydrogen-bond donors (Lipinski definition) is 2. The van der Waals surface area contributed by atoms with Crippen LogP contribution in [-0.4, -0.2) is 92.2 Å². The van der Waals surface area contributed by atoms with Gasteiger partial charge in [-0.3, -0.25) is 0 Å². The summed E-state index contributed by atoms with van der Waals surface area (Å²) in [6.07, 6.45) is -0.361. The Bertz CT molecular complexity index is 1430. The zero-order valence-electron chi connectivity index (χ0n) is 22.3. The van der Waals surface area contributed by atoms with Gasteiger partial charge in [0.1, 0.15) is 35.2 Å². The lowest BCUT2D eigenvalue weighted by molar-refractivity contribution is 0.129. The molecule has 1 aromatic heterocycles. The van der Waals surface area contributed by atoms with Crippen LogP contribution in [0.25, 0.3) is 11.3 Å². The number of aromatic amines is 1.